The lowest BCUT2D eigenvalue weighted by molar-refractivity contribution is -0.136. The van der Waals surface area contributed by atoms with Crippen LogP contribution in [0, 0.1) is 0 Å². The second kappa shape index (κ2) is 5.71. The fourth-order valence-electron chi connectivity index (χ4n) is 0.504. The van der Waals surface area contributed by atoms with Gasteiger partial charge in [0.2, 0.25) is 0 Å². The number of carbonyl (C=O) groups excluding carboxylic acids is 1. The molecule has 0 aliphatic rings. The van der Waals surface area contributed by atoms with Crippen LogP contribution in [0.15, 0.2) is 23.8 Å². The van der Waals surface area contributed by atoms with Crippen molar-refractivity contribution in [1.82, 2.24) is 0 Å². The van der Waals surface area contributed by atoms with Crippen LogP contribution >= 0.6 is 0 Å². The minimum Gasteiger partial charge on any atom is -0.458 e. The van der Waals surface area contributed by atoms with E-state index in [9.17, 15) is 4.79 Å². The van der Waals surface area contributed by atoms with Gasteiger partial charge in [0.1, 0.15) is 6.61 Å². The van der Waals surface area contributed by atoms with Crippen molar-refractivity contribution in [3.05, 3.63) is 23.8 Å². The van der Waals surface area contributed by atoms with Crippen LogP contribution in [0.2, 0.25) is 0 Å². The maximum Gasteiger partial charge on any atom is 0.330 e. The number of hydrogen-bond acceptors (Lipinski definition) is 2. The van der Waals surface area contributed by atoms with E-state index in [4.69, 9.17) is 4.74 Å². The SMILES string of the molecule is CC=CCOC(=O)C=C(C)C. The lowest BCUT2D eigenvalue weighted by Gasteiger charge is -1.95. The van der Waals surface area contributed by atoms with Crippen molar-refractivity contribution in [3.63, 3.8) is 0 Å². The Kier molecular flexibility index (Phi) is 5.17. The van der Waals surface area contributed by atoms with Crippen molar-refractivity contribution in [2.45, 2.75) is 20.8 Å². The summed E-state index contributed by atoms with van der Waals surface area (Å²) in [6.45, 7) is 5.96. The van der Waals surface area contributed by atoms with Gasteiger partial charge in [-0.3, -0.25) is 0 Å². The highest BCUT2D eigenvalue weighted by atomic mass is 16.5. The van der Waals surface area contributed by atoms with Crippen molar-refractivity contribution in [2.24, 2.45) is 0 Å². The highest BCUT2D eigenvalue weighted by Crippen LogP contribution is 1.90. The van der Waals surface area contributed by atoms with Crippen molar-refractivity contribution < 1.29 is 9.53 Å². The van der Waals surface area contributed by atoms with Crippen molar-refractivity contribution in [1.29, 1.82) is 0 Å². The molecule has 0 saturated heterocycles. The molecule has 0 saturated carbocycles. The molecule has 0 aromatic carbocycles. The molecule has 0 N–H and O–H groups in total. The van der Waals surface area contributed by atoms with E-state index in [1.54, 1.807) is 6.08 Å². The first kappa shape index (κ1) is 9.95. The summed E-state index contributed by atoms with van der Waals surface area (Å²) in [7, 11) is 0. The first-order valence-corrected chi connectivity index (χ1v) is 3.59. The van der Waals surface area contributed by atoms with Crippen LogP contribution in [0.1, 0.15) is 20.8 Å². The smallest absolute Gasteiger partial charge is 0.330 e. The van der Waals surface area contributed by atoms with Gasteiger partial charge in [-0.2, -0.15) is 0 Å². The average Bonchev–Trinajstić information content (AvgIpc) is 1.86. The zero-order valence-corrected chi connectivity index (χ0v) is 7.26. The van der Waals surface area contributed by atoms with Crippen LogP contribution in [0.3, 0.4) is 0 Å². The molecule has 0 rings (SSSR count). The third-order valence-corrected chi connectivity index (χ3v) is 0.964. The maximum absolute atomic E-state index is 10.8. The highest BCUT2D eigenvalue weighted by molar-refractivity contribution is 5.82. The van der Waals surface area contributed by atoms with E-state index >= 15 is 0 Å². The fourth-order valence-corrected chi connectivity index (χ4v) is 0.504. The zero-order valence-electron chi connectivity index (χ0n) is 7.26. The highest BCUT2D eigenvalue weighted by Gasteiger charge is 1.93. The van der Waals surface area contributed by atoms with Gasteiger partial charge in [0.25, 0.3) is 0 Å². The van der Waals surface area contributed by atoms with Crippen LogP contribution < -0.4 is 0 Å². The summed E-state index contributed by atoms with van der Waals surface area (Å²) in [4.78, 5) is 10.8. The van der Waals surface area contributed by atoms with Crippen molar-refractivity contribution >= 4 is 5.97 Å². The number of allylic oxidation sites excluding steroid dienone is 2. The zero-order chi connectivity index (χ0) is 8.69. The van der Waals surface area contributed by atoms with Gasteiger partial charge in [-0.15, -0.1) is 0 Å². The minimum atomic E-state index is -0.275. The van der Waals surface area contributed by atoms with E-state index in [0.717, 1.165) is 5.57 Å². The topological polar surface area (TPSA) is 26.3 Å². The van der Waals surface area contributed by atoms with Crippen molar-refractivity contribution in [3.8, 4) is 0 Å². The third kappa shape index (κ3) is 6.84. The molecular weight excluding hydrogens is 140 g/mol. The molecule has 62 valence electrons. The molecule has 0 aliphatic carbocycles. The monoisotopic (exact) mass is 154 g/mol. The normalized spacial score (nSPS) is 9.73. The fraction of sp³-hybridized carbons (Fsp3) is 0.444. The number of ether oxygens (including phenoxy) is 1. The number of carbonyl (C=O) groups is 1. The van der Waals surface area contributed by atoms with Crippen LogP contribution in [-0.4, -0.2) is 12.6 Å². The van der Waals surface area contributed by atoms with E-state index in [1.807, 2.05) is 26.8 Å². The Hall–Kier alpha value is -1.05. The van der Waals surface area contributed by atoms with E-state index in [0.29, 0.717) is 6.61 Å². The van der Waals surface area contributed by atoms with Gasteiger partial charge in [-0.05, 0) is 20.8 Å². The molecule has 0 unspecified atom stereocenters. The molecule has 0 bridgehead atoms. The van der Waals surface area contributed by atoms with E-state index in [2.05, 4.69) is 0 Å². The summed E-state index contributed by atoms with van der Waals surface area (Å²) in [5.74, 6) is -0.275. The summed E-state index contributed by atoms with van der Waals surface area (Å²) in [6.07, 6.45) is 5.11. The van der Waals surface area contributed by atoms with E-state index < -0.39 is 0 Å². The molecule has 0 atom stereocenters. The first-order chi connectivity index (χ1) is 5.16. The summed E-state index contributed by atoms with van der Waals surface area (Å²) < 4.78 is 4.79. The van der Waals surface area contributed by atoms with Crippen molar-refractivity contribution in [2.75, 3.05) is 6.61 Å². The van der Waals surface area contributed by atoms with Gasteiger partial charge >= 0.3 is 5.97 Å². The van der Waals surface area contributed by atoms with Crippen LogP contribution in [-0.2, 0) is 9.53 Å². The predicted molar refractivity (Wildman–Crippen MR) is 45.2 cm³/mol. The Morgan fingerprint density at radius 3 is 2.55 bits per heavy atom. The quantitative estimate of drug-likeness (QED) is 0.353. The molecule has 0 aromatic heterocycles. The molecule has 0 radical (unpaired) electrons. The summed E-state index contributed by atoms with van der Waals surface area (Å²) in [6, 6.07) is 0. The molecule has 0 spiro atoms. The summed E-state index contributed by atoms with van der Waals surface area (Å²) >= 11 is 0. The molecule has 0 fully saturated rings. The molecule has 11 heavy (non-hydrogen) atoms. The van der Waals surface area contributed by atoms with Gasteiger partial charge in [0, 0.05) is 6.08 Å². The number of hydrogen-bond donors (Lipinski definition) is 0. The number of rotatable bonds is 3. The second-order valence-corrected chi connectivity index (χ2v) is 2.42. The van der Waals surface area contributed by atoms with Crippen LogP contribution in [0.25, 0.3) is 0 Å². The molecule has 2 heteroatoms. The van der Waals surface area contributed by atoms with E-state index in [-0.39, 0.29) is 5.97 Å². The Balaban J connectivity index is 3.62. The lowest BCUT2D eigenvalue weighted by atomic mass is 10.3. The predicted octanol–water partition coefficient (Wildman–Crippen LogP) is 2.07. The van der Waals surface area contributed by atoms with E-state index in [1.165, 1.54) is 6.08 Å². The van der Waals surface area contributed by atoms with Crippen LogP contribution in [0.4, 0.5) is 0 Å². The molecule has 2 nitrogen and oxygen atoms in total. The second-order valence-electron chi connectivity index (χ2n) is 2.42. The van der Waals surface area contributed by atoms with Gasteiger partial charge < -0.3 is 4.74 Å². The molecule has 0 aromatic rings. The third-order valence-electron chi connectivity index (χ3n) is 0.964. The first-order valence-electron chi connectivity index (χ1n) is 3.59. The largest absolute Gasteiger partial charge is 0.458 e. The van der Waals surface area contributed by atoms with Gasteiger partial charge in [0.05, 0.1) is 0 Å². The number of esters is 1. The van der Waals surface area contributed by atoms with Gasteiger partial charge in [-0.1, -0.05) is 17.7 Å². The summed E-state index contributed by atoms with van der Waals surface area (Å²) in [5.41, 5.74) is 0.954. The standard InChI is InChI=1S/C9H14O2/c1-4-5-6-11-9(10)7-8(2)3/h4-5,7H,6H2,1-3H3. The van der Waals surface area contributed by atoms with Gasteiger partial charge in [-0.25, -0.2) is 4.79 Å². The lowest BCUT2D eigenvalue weighted by Crippen LogP contribution is -2.00. The molecule has 0 amide bonds. The Bertz CT molecular complexity index is 174. The average molecular weight is 154 g/mol. The summed E-state index contributed by atoms with van der Waals surface area (Å²) in [5, 5.41) is 0. The molecular formula is C9H14O2. The van der Waals surface area contributed by atoms with Gasteiger partial charge in [0.15, 0.2) is 0 Å². The molecule has 0 heterocycles. The minimum absolute atomic E-state index is 0.275. The Morgan fingerprint density at radius 1 is 1.45 bits per heavy atom. The van der Waals surface area contributed by atoms with Crippen LogP contribution in [0.5, 0.6) is 0 Å². The maximum atomic E-state index is 10.8. The molecule has 0 aliphatic heterocycles. The Labute approximate surface area is 67.6 Å². The Morgan fingerprint density at radius 2 is 2.09 bits per heavy atom.